The molecule has 0 atom stereocenters. The summed E-state index contributed by atoms with van der Waals surface area (Å²) in [5.74, 6) is 0.776. The van der Waals surface area contributed by atoms with E-state index in [4.69, 9.17) is 9.51 Å². The lowest BCUT2D eigenvalue weighted by Crippen LogP contribution is -2.28. The Morgan fingerprint density at radius 2 is 1.91 bits per heavy atom. The Kier molecular flexibility index (Phi) is 5.62. The molecule has 0 saturated carbocycles. The maximum absolute atomic E-state index is 12.4. The number of nitrogens with one attached hydrogen (secondary N) is 2. The first kappa shape index (κ1) is 20.9. The predicted octanol–water partition coefficient (Wildman–Crippen LogP) is 5.44. The number of rotatable bonds is 5. The van der Waals surface area contributed by atoms with Crippen molar-refractivity contribution in [1.82, 2.24) is 24.8 Å². The number of imidazole rings is 1. The van der Waals surface area contributed by atoms with Gasteiger partial charge < -0.3 is 19.6 Å². The third-order valence-electron chi connectivity index (χ3n) is 5.05. The number of fused-ring (bicyclic) bond motifs is 1. The van der Waals surface area contributed by atoms with Crippen molar-refractivity contribution in [2.45, 2.75) is 13.5 Å². The molecule has 2 aromatic carbocycles. The normalized spacial score (nSPS) is 11.0. The van der Waals surface area contributed by atoms with Gasteiger partial charge in [0.25, 0.3) is 0 Å². The molecule has 0 aliphatic rings. The molecule has 0 fully saturated rings. The van der Waals surface area contributed by atoms with E-state index in [1.807, 2.05) is 84.4 Å². The minimum Gasteiger partial charge on any atom is -0.337 e. The standard InChI is InChI=1S/C24H19BrN6O2/c1-15-5-4-10-31-14-20(28-23(15)31)16-6-3-9-19(12-16)27-24(32)26-13-21-29-22(30-33-21)17-7-2-8-18(25)11-17/h2-12,14H,13H2,1H3,(H2,26,27,32). The van der Waals surface area contributed by atoms with Crippen molar-refractivity contribution < 1.29 is 9.32 Å². The van der Waals surface area contributed by atoms with Crippen LogP contribution in [0.2, 0.25) is 0 Å². The molecule has 0 saturated heterocycles. The highest BCUT2D eigenvalue weighted by atomic mass is 79.9. The van der Waals surface area contributed by atoms with Gasteiger partial charge in [-0.1, -0.05) is 51.4 Å². The summed E-state index contributed by atoms with van der Waals surface area (Å²) in [7, 11) is 0. The number of aromatic nitrogens is 4. The summed E-state index contributed by atoms with van der Waals surface area (Å²) in [6.07, 6.45) is 3.94. The second-order valence-electron chi connectivity index (χ2n) is 7.46. The molecular formula is C24H19BrN6O2. The van der Waals surface area contributed by atoms with E-state index in [0.29, 0.717) is 17.4 Å². The summed E-state index contributed by atoms with van der Waals surface area (Å²) in [5.41, 5.74) is 5.22. The summed E-state index contributed by atoms with van der Waals surface area (Å²) in [6, 6.07) is 18.8. The zero-order chi connectivity index (χ0) is 22.8. The van der Waals surface area contributed by atoms with Gasteiger partial charge >= 0.3 is 6.03 Å². The third-order valence-corrected chi connectivity index (χ3v) is 5.54. The monoisotopic (exact) mass is 502 g/mol. The number of halogens is 1. The van der Waals surface area contributed by atoms with Crippen molar-refractivity contribution in [3.8, 4) is 22.6 Å². The fourth-order valence-electron chi connectivity index (χ4n) is 3.45. The number of aryl methyl sites for hydroxylation is 1. The summed E-state index contributed by atoms with van der Waals surface area (Å²) in [4.78, 5) is 21.4. The van der Waals surface area contributed by atoms with E-state index in [2.05, 4.69) is 36.7 Å². The topological polar surface area (TPSA) is 97.3 Å². The van der Waals surface area contributed by atoms with Gasteiger partial charge in [-0.3, -0.25) is 0 Å². The first-order valence-corrected chi connectivity index (χ1v) is 11.0. The summed E-state index contributed by atoms with van der Waals surface area (Å²) < 4.78 is 8.16. The van der Waals surface area contributed by atoms with Crippen molar-refractivity contribution in [3.05, 3.63) is 89.0 Å². The Morgan fingerprint density at radius 1 is 1.06 bits per heavy atom. The van der Waals surface area contributed by atoms with Gasteiger partial charge in [-0.05, 0) is 42.8 Å². The lowest BCUT2D eigenvalue weighted by molar-refractivity contribution is 0.249. The molecule has 3 heterocycles. The van der Waals surface area contributed by atoms with Crippen LogP contribution in [0.25, 0.3) is 28.3 Å². The Bertz CT molecular complexity index is 1460. The van der Waals surface area contributed by atoms with E-state index in [-0.39, 0.29) is 12.6 Å². The van der Waals surface area contributed by atoms with Gasteiger partial charge in [0.1, 0.15) is 5.65 Å². The van der Waals surface area contributed by atoms with Crippen LogP contribution >= 0.6 is 15.9 Å². The Morgan fingerprint density at radius 3 is 2.76 bits per heavy atom. The van der Waals surface area contributed by atoms with Crippen LogP contribution in [0.15, 0.2) is 82.1 Å². The van der Waals surface area contributed by atoms with Gasteiger partial charge in [-0.25, -0.2) is 9.78 Å². The fraction of sp³-hybridized carbons (Fsp3) is 0.0833. The van der Waals surface area contributed by atoms with Crippen LogP contribution < -0.4 is 10.6 Å². The number of hydrogen-bond donors (Lipinski definition) is 2. The molecule has 3 aromatic heterocycles. The van der Waals surface area contributed by atoms with Gasteiger partial charge in [0.15, 0.2) is 0 Å². The SMILES string of the molecule is Cc1cccn2cc(-c3cccc(NC(=O)NCc4nc(-c5cccc(Br)c5)no4)c3)nc12. The van der Waals surface area contributed by atoms with Gasteiger partial charge in [0.05, 0.1) is 12.2 Å². The van der Waals surface area contributed by atoms with E-state index < -0.39 is 0 Å². The molecule has 33 heavy (non-hydrogen) atoms. The first-order chi connectivity index (χ1) is 16.0. The van der Waals surface area contributed by atoms with Crippen LogP contribution in [-0.4, -0.2) is 25.6 Å². The number of hydrogen-bond acceptors (Lipinski definition) is 5. The number of urea groups is 1. The summed E-state index contributed by atoms with van der Waals surface area (Å²) >= 11 is 3.42. The summed E-state index contributed by atoms with van der Waals surface area (Å²) in [6.45, 7) is 2.14. The third kappa shape index (κ3) is 4.63. The second kappa shape index (κ2) is 8.87. The van der Waals surface area contributed by atoms with E-state index >= 15 is 0 Å². The van der Waals surface area contributed by atoms with Gasteiger partial charge in [-0.15, -0.1) is 0 Å². The number of benzene rings is 2. The quantitative estimate of drug-likeness (QED) is 0.333. The van der Waals surface area contributed by atoms with Crippen LogP contribution in [0.1, 0.15) is 11.5 Å². The largest absolute Gasteiger partial charge is 0.337 e. The molecule has 0 bridgehead atoms. The van der Waals surface area contributed by atoms with Crippen molar-refractivity contribution in [2.24, 2.45) is 0 Å². The maximum atomic E-state index is 12.4. The van der Waals surface area contributed by atoms with Crippen LogP contribution in [0, 0.1) is 6.92 Å². The zero-order valence-electron chi connectivity index (χ0n) is 17.6. The lowest BCUT2D eigenvalue weighted by Gasteiger charge is -2.07. The minimum atomic E-state index is -0.375. The molecule has 9 heteroatoms. The van der Waals surface area contributed by atoms with Gasteiger partial charge in [-0.2, -0.15) is 4.98 Å². The number of carbonyl (C=O) groups is 1. The molecule has 0 aliphatic carbocycles. The lowest BCUT2D eigenvalue weighted by atomic mass is 10.1. The fourth-order valence-corrected chi connectivity index (χ4v) is 3.85. The Hall–Kier alpha value is -3.98. The molecule has 164 valence electrons. The highest BCUT2D eigenvalue weighted by molar-refractivity contribution is 9.10. The number of anilines is 1. The minimum absolute atomic E-state index is 0.109. The molecule has 2 N–H and O–H groups in total. The Labute approximate surface area is 197 Å². The number of carbonyl (C=O) groups excluding carboxylic acids is 1. The van der Waals surface area contributed by atoms with Crippen molar-refractivity contribution in [2.75, 3.05) is 5.32 Å². The van der Waals surface area contributed by atoms with E-state index in [1.54, 1.807) is 0 Å². The molecule has 0 aliphatic heterocycles. The van der Waals surface area contributed by atoms with E-state index in [9.17, 15) is 4.79 Å². The molecule has 8 nitrogen and oxygen atoms in total. The van der Waals surface area contributed by atoms with Crippen molar-refractivity contribution >= 4 is 33.3 Å². The smallest absolute Gasteiger partial charge is 0.319 e. The number of nitrogens with zero attached hydrogens (tertiary/aromatic N) is 4. The predicted molar refractivity (Wildman–Crippen MR) is 129 cm³/mol. The molecule has 5 rings (SSSR count). The molecule has 0 radical (unpaired) electrons. The molecule has 2 amide bonds. The average molecular weight is 503 g/mol. The number of pyridine rings is 1. The van der Waals surface area contributed by atoms with Crippen LogP contribution in [-0.2, 0) is 6.54 Å². The maximum Gasteiger partial charge on any atom is 0.319 e. The zero-order valence-corrected chi connectivity index (χ0v) is 19.2. The molecule has 0 spiro atoms. The molecule has 5 aromatic rings. The Balaban J connectivity index is 1.24. The highest BCUT2D eigenvalue weighted by Crippen LogP contribution is 2.24. The van der Waals surface area contributed by atoms with E-state index in [0.717, 1.165) is 32.5 Å². The van der Waals surface area contributed by atoms with Crippen molar-refractivity contribution in [3.63, 3.8) is 0 Å². The molecule has 0 unspecified atom stereocenters. The van der Waals surface area contributed by atoms with Gasteiger partial charge in [0, 0.05) is 33.7 Å². The molecular weight excluding hydrogens is 484 g/mol. The first-order valence-electron chi connectivity index (χ1n) is 10.2. The second-order valence-corrected chi connectivity index (χ2v) is 8.37. The van der Waals surface area contributed by atoms with Crippen molar-refractivity contribution in [1.29, 1.82) is 0 Å². The highest BCUT2D eigenvalue weighted by Gasteiger charge is 2.11. The van der Waals surface area contributed by atoms with Gasteiger partial charge in [0.2, 0.25) is 11.7 Å². The van der Waals surface area contributed by atoms with E-state index in [1.165, 1.54) is 0 Å². The van der Waals surface area contributed by atoms with Crippen LogP contribution in [0.5, 0.6) is 0 Å². The van der Waals surface area contributed by atoms with Crippen LogP contribution in [0.3, 0.4) is 0 Å². The average Bonchev–Trinajstić information content (AvgIpc) is 3.46. The summed E-state index contributed by atoms with van der Waals surface area (Å²) in [5, 5.41) is 9.54. The van der Waals surface area contributed by atoms with Crippen LogP contribution in [0.4, 0.5) is 10.5 Å². The number of amides is 2.